The van der Waals surface area contributed by atoms with Crippen molar-refractivity contribution in [1.82, 2.24) is 25.8 Å². The summed E-state index contributed by atoms with van der Waals surface area (Å²) in [5.74, 6) is -1.80. The van der Waals surface area contributed by atoms with Crippen molar-refractivity contribution in [2.75, 3.05) is 19.7 Å². The topological polar surface area (TPSA) is 174 Å². The molecule has 1 aliphatic heterocycles. The second kappa shape index (κ2) is 17.8. The van der Waals surface area contributed by atoms with Crippen LogP contribution in [-0.2, 0) is 28.7 Å². The molecule has 50 heavy (non-hydrogen) atoms. The third-order valence-corrected chi connectivity index (χ3v) is 11.7. The van der Waals surface area contributed by atoms with E-state index in [0.29, 0.717) is 31.6 Å². The lowest BCUT2D eigenvalue weighted by molar-refractivity contribution is -0.146. The minimum absolute atomic E-state index is 0.00972. The molecule has 4 N–H and O–H groups in total. The van der Waals surface area contributed by atoms with E-state index in [2.05, 4.69) is 22.9 Å². The van der Waals surface area contributed by atoms with Crippen LogP contribution in [0.3, 0.4) is 0 Å². The quantitative estimate of drug-likeness (QED) is 0.196. The van der Waals surface area contributed by atoms with Gasteiger partial charge in [-0.3, -0.25) is 24.0 Å². The Hall–Kier alpha value is -3.22. The minimum atomic E-state index is -1.05. The fraction of sp³-hybridized carbons (Fsp3) is 0.838. The number of esters is 1. The van der Waals surface area contributed by atoms with Crippen molar-refractivity contribution >= 4 is 35.6 Å². The van der Waals surface area contributed by atoms with E-state index in [4.69, 9.17) is 4.74 Å². The first-order valence-corrected chi connectivity index (χ1v) is 19.0. The summed E-state index contributed by atoms with van der Waals surface area (Å²) in [5.41, 5.74) is -0.841. The van der Waals surface area contributed by atoms with Crippen molar-refractivity contribution in [2.24, 2.45) is 17.8 Å². The number of ketones is 1. The molecule has 1 heterocycles. The van der Waals surface area contributed by atoms with Gasteiger partial charge in [0.25, 0.3) is 0 Å². The number of ether oxygens (including phenoxy) is 1. The lowest BCUT2D eigenvalue weighted by Gasteiger charge is -2.42. The average molecular weight is 704 g/mol. The molecule has 13 nitrogen and oxygen atoms in total. The van der Waals surface area contributed by atoms with Gasteiger partial charge >= 0.3 is 18.0 Å². The largest absolute Gasteiger partial charge is 0.481 e. The highest BCUT2D eigenvalue weighted by atomic mass is 16.5. The number of hydrogen-bond donors (Lipinski definition) is 4. The SMILES string of the molecule is CCOC(=O)CCN1C(=O)CN(C(C)CC(=O)O)C(=O)C2CC(NC(C)(C)C(=O)CC3CCC(NC(=O)NC4CCCCC4C)CC3)CCC21. The summed E-state index contributed by atoms with van der Waals surface area (Å²) in [6.07, 6.45) is 9.69. The molecule has 0 aromatic heterocycles. The van der Waals surface area contributed by atoms with Crippen molar-refractivity contribution in [1.29, 1.82) is 0 Å². The first-order chi connectivity index (χ1) is 23.7. The standard InChI is InChI=1S/C37H61N5O8/c1-6-50-34(47)17-18-41-30-16-15-27(21-28(30)35(48)42(22-32(41)44)24(3)19-33(45)46)40-37(4,5)31(43)20-25-11-13-26(14-12-25)38-36(49)39-29-10-8-7-9-23(29)2/h23-30,40H,6-22H2,1-5H3,(H,45,46)(H2,38,39,49). The van der Waals surface area contributed by atoms with Gasteiger partial charge in [0.15, 0.2) is 5.78 Å². The summed E-state index contributed by atoms with van der Waals surface area (Å²) in [6.45, 7) is 9.44. The minimum Gasteiger partial charge on any atom is -0.481 e. The Morgan fingerprint density at radius 3 is 2.30 bits per heavy atom. The summed E-state index contributed by atoms with van der Waals surface area (Å²) in [4.78, 5) is 80.5. The van der Waals surface area contributed by atoms with Crippen molar-refractivity contribution in [3.8, 4) is 0 Å². The summed E-state index contributed by atoms with van der Waals surface area (Å²) in [5, 5.41) is 19.3. The van der Waals surface area contributed by atoms with E-state index in [1.807, 2.05) is 13.8 Å². The van der Waals surface area contributed by atoms with Gasteiger partial charge in [0, 0.05) is 43.2 Å². The number of carbonyl (C=O) groups is 6. The number of nitrogens with zero attached hydrogens (tertiary/aromatic N) is 2. The van der Waals surface area contributed by atoms with Crippen LogP contribution in [0, 0.1) is 17.8 Å². The van der Waals surface area contributed by atoms with Gasteiger partial charge in [0.05, 0.1) is 30.9 Å². The van der Waals surface area contributed by atoms with E-state index in [1.54, 1.807) is 18.7 Å². The lowest BCUT2D eigenvalue weighted by atomic mass is 9.77. The van der Waals surface area contributed by atoms with Gasteiger partial charge < -0.3 is 35.6 Å². The number of rotatable bonds is 14. The molecule has 4 amide bonds. The monoisotopic (exact) mass is 703 g/mol. The molecule has 0 bridgehead atoms. The third-order valence-electron chi connectivity index (χ3n) is 11.7. The molecule has 6 unspecified atom stereocenters. The maximum absolute atomic E-state index is 14.0. The van der Waals surface area contributed by atoms with Gasteiger partial charge in [0.1, 0.15) is 6.54 Å². The van der Waals surface area contributed by atoms with Gasteiger partial charge in [-0.15, -0.1) is 0 Å². The van der Waals surface area contributed by atoms with Crippen LogP contribution in [0.1, 0.15) is 125 Å². The van der Waals surface area contributed by atoms with Gasteiger partial charge in [-0.1, -0.05) is 19.8 Å². The van der Waals surface area contributed by atoms with Gasteiger partial charge in [-0.05, 0) is 97.3 Å². The second-order valence-electron chi connectivity index (χ2n) is 15.8. The van der Waals surface area contributed by atoms with Crippen LogP contribution in [0.4, 0.5) is 4.79 Å². The Balaban J connectivity index is 1.33. The maximum Gasteiger partial charge on any atom is 0.315 e. The third kappa shape index (κ3) is 10.6. The maximum atomic E-state index is 14.0. The van der Waals surface area contributed by atoms with Crippen LogP contribution in [0.2, 0.25) is 0 Å². The smallest absolute Gasteiger partial charge is 0.315 e. The Morgan fingerprint density at radius 2 is 1.64 bits per heavy atom. The van der Waals surface area contributed by atoms with E-state index in [9.17, 15) is 33.9 Å². The van der Waals surface area contributed by atoms with E-state index < -0.39 is 35.5 Å². The van der Waals surface area contributed by atoms with E-state index in [0.717, 1.165) is 44.9 Å². The van der Waals surface area contributed by atoms with Crippen molar-refractivity contribution in [2.45, 2.75) is 160 Å². The summed E-state index contributed by atoms with van der Waals surface area (Å²) < 4.78 is 5.08. The number of urea groups is 1. The fourth-order valence-electron chi connectivity index (χ4n) is 8.65. The molecule has 282 valence electrons. The number of aliphatic carboxylic acids is 1. The number of amides is 4. The number of nitrogens with one attached hydrogen (secondary N) is 3. The molecule has 4 fully saturated rings. The first kappa shape index (κ1) is 39.6. The highest BCUT2D eigenvalue weighted by Crippen LogP contribution is 2.35. The molecular weight excluding hydrogens is 642 g/mol. The molecule has 1 saturated heterocycles. The molecule has 4 rings (SSSR count). The molecule has 13 heteroatoms. The van der Waals surface area contributed by atoms with E-state index in [1.165, 1.54) is 11.3 Å². The highest BCUT2D eigenvalue weighted by Gasteiger charge is 2.47. The number of Topliss-reactive ketones (excluding diaryl/α,β-unsaturated/α-hetero) is 1. The van der Waals surface area contributed by atoms with Crippen LogP contribution in [-0.4, -0.2) is 106 Å². The zero-order valence-corrected chi connectivity index (χ0v) is 30.8. The predicted molar refractivity (Wildman–Crippen MR) is 187 cm³/mol. The molecule has 0 aromatic carbocycles. The first-order valence-electron chi connectivity index (χ1n) is 19.0. The molecule has 6 atom stereocenters. The van der Waals surface area contributed by atoms with Gasteiger partial charge in [-0.2, -0.15) is 0 Å². The Kier molecular flexibility index (Phi) is 14.1. The molecule has 3 saturated carbocycles. The predicted octanol–water partition coefficient (Wildman–Crippen LogP) is 3.78. The van der Waals surface area contributed by atoms with Gasteiger partial charge in [-0.25, -0.2) is 4.79 Å². The van der Waals surface area contributed by atoms with Crippen LogP contribution in [0.5, 0.6) is 0 Å². The Bertz CT molecular complexity index is 1230. The van der Waals surface area contributed by atoms with Crippen molar-refractivity contribution < 1.29 is 38.6 Å². The lowest BCUT2D eigenvalue weighted by Crippen LogP contribution is -2.57. The van der Waals surface area contributed by atoms with Crippen LogP contribution in [0.15, 0.2) is 0 Å². The number of carboxylic acids is 1. The zero-order valence-electron chi connectivity index (χ0n) is 30.8. The molecular formula is C37H61N5O8. The highest BCUT2D eigenvalue weighted by molar-refractivity contribution is 5.90. The van der Waals surface area contributed by atoms with Gasteiger partial charge in [0.2, 0.25) is 11.8 Å². The normalized spacial score (nSPS) is 29.7. The molecule has 0 radical (unpaired) electrons. The molecule has 0 spiro atoms. The Labute approximate surface area is 297 Å². The van der Waals surface area contributed by atoms with Crippen LogP contribution >= 0.6 is 0 Å². The van der Waals surface area contributed by atoms with Crippen molar-refractivity contribution in [3.63, 3.8) is 0 Å². The second-order valence-corrected chi connectivity index (χ2v) is 15.8. The molecule has 3 aliphatic carbocycles. The number of fused-ring (bicyclic) bond motifs is 1. The summed E-state index contributed by atoms with van der Waals surface area (Å²) >= 11 is 0. The fourth-order valence-corrected chi connectivity index (χ4v) is 8.65. The van der Waals surface area contributed by atoms with Crippen molar-refractivity contribution in [3.05, 3.63) is 0 Å². The molecule has 4 aliphatic rings. The van der Waals surface area contributed by atoms with E-state index in [-0.39, 0.29) is 80.2 Å². The average Bonchev–Trinajstić information content (AvgIpc) is 3.15. The Morgan fingerprint density at radius 1 is 0.960 bits per heavy atom. The number of carboxylic acid groups (broad SMARTS) is 1. The zero-order chi connectivity index (χ0) is 36.6. The van der Waals surface area contributed by atoms with Crippen LogP contribution < -0.4 is 16.0 Å². The number of hydrogen-bond acceptors (Lipinski definition) is 8. The summed E-state index contributed by atoms with van der Waals surface area (Å²) in [7, 11) is 0. The van der Waals surface area contributed by atoms with E-state index >= 15 is 0 Å². The number of carbonyl (C=O) groups excluding carboxylic acids is 5. The van der Waals surface area contributed by atoms with Crippen LogP contribution in [0.25, 0.3) is 0 Å². The molecule has 0 aromatic rings. The summed E-state index contributed by atoms with van der Waals surface area (Å²) in [6, 6.07) is -1.01.